The molecule has 0 unspecified atom stereocenters. The molecule has 164 valence electrons. The van der Waals surface area contributed by atoms with Gasteiger partial charge in [-0.2, -0.15) is 0 Å². The van der Waals surface area contributed by atoms with E-state index in [4.69, 9.17) is 4.74 Å². The molecule has 3 rings (SSSR count). The highest BCUT2D eigenvalue weighted by Gasteiger charge is 2.15. The summed E-state index contributed by atoms with van der Waals surface area (Å²) >= 11 is 2.56. The molecule has 3 aromatic rings. The van der Waals surface area contributed by atoms with Crippen molar-refractivity contribution in [3.63, 3.8) is 0 Å². The van der Waals surface area contributed by atoms with E-state index in [0.29, 0.717) is 22.6 Å². The van der Waals surface area contributed by atoms with Crippen LogP contribution in [0.1, 0.15) is 12.6 Å². The highest BCUT2D eigenvalue weighted by Crippen LogP contribution is 2.25. The fourth-order valence-corrected chi connectivity index (χ4v) is 4.13. The normalized spacial score (nSPS) is 10.7. The molecule has 1 amide bonds. The van der Waals surface area contributed by atoms with Gasteiger partial charge in [-0.15, -0.1) is 21.5 Å². The van der Waals surface area contributed by atoms with E-state index in [-0.39, 0.29) is 24.1 Å². The SMILES string of the molecule is CCOC(=O)Cc1csc(NC(=O)CSc2nnc(-c3ccc(N(C)C)cc3)n2C)n1. The van der Waals surface area contributed by atoms with Gasteiger partial charge in [-0.1, -0.05) is 11.8 Å². The van der Waals surface area contributed by atoms with E-state index in [1.807, 2.05) is 54.9 Å². The first kappa shape index (κ1) is 22.8. The third-order valence-electron chi connectivity index (χ3n) is 4.24. The van der Waals surface area contributed by atoms with Gasteiger partial charge in [-0.05, 0) is 31.2 Å². The van der Waals surface area contributed by atoms with Crippen LogP contribution in [0, 0.1) is 0 Å². The standard InChI is InChI=1S/C20H24N6O3S2/c1-5-29-17(28)10-14-11-30-19(21-14)22-16(27)12-31-20-24-23-18(26(20)4)13-6-8-15(9-7-13)25(2)3/h6-9,11H,5,10,12H2,1-4H3,(H,21,22,27). The average Bonchev–Trinajstić information content (AvgIpc) is 3.32. The van der Waals surface area contributed by atoms with E-state index in [2.05, 4.69) is 20.5 Å². The van der Waals surface area contributed by atoms with Crippen molar-refractivity contribution in [1.82, 2.24) is 19.7 Å². The van der Waals surface area contributed by atoms with Crippen LogP contribution in [0.4, 0.5) is 10.8 Å². The zero-order valence-corrected chi connectivity index (χ0v) is 19.4. The van der Waals surface area contributed by atoms with Gasteiger partial charge in [0, 0.05) is 37.8 Å². The maximum Gasteiger partial charge on any atom is 0.311 e. The quantitative estimate of drug-likeness (QED) is 0.384. The molecule has 9 nitrogen and oxygen atoms in total. The Bertz CT molecular complexity index is 1050. The number of esters is 1. The fraction of sp³-hybridized carbons (Fsp3) is 0.350. The summed E-state index contributed by atoms with van der Waals surface area (Å²) in [6.07, 6.45) is 0.0895. The summed E-state index contributed by atoms with van der Waals surface area (Å²) in [5, 5.41) is 14.0. The average molecular weight is 461 g/mol. The number of thioether (sulfide) groups is 1. The molecule has 0 fully saturated rings. The second-order valence-corrected chi connectivity index (χ2v) is 8.57. The molecule has 2 aromatic heterocycles. The summed E-state index contributed by atoms with van der Waals surface area (Å²) < 4.78 is 6.77. The molecule has 0 saturated carbocycles. The highest BCUT2D eigenvalue weighted by atomic mass is 32.2. The minimum atomic E-state index is -0.337. The summed E-state index contributed by atoms with van der Waals surface area (Å²) in [6, 6.07) is 8.04. The number of nitrogens with one attached hydrogen (secondary N) is 1. The largest absolute Gasteiger partial charge is 0.466 e. The van der Waals surface area contributed by atoms with Crippen LogP contribution in [0.2, 0.25) is 0 Å². The molecule has 0 saturated heterocycles. The Morgan fingerprint density at radius 1 is 1.23 bits per heavy atom. The Balaban J connectivity index is 1.55. The van der Waals surface area contributed by atoms with E-state index in [9.17, 15) is 9.59 Å². The van der Waals surface area contributed by atoms with Crippen molar-refractivity contribution in [1.29, 1.82) is 0 Å². The number of amides is 1. The van der Waals surface area contributed by atoms with Gasteiger partial charge in [0.15, 0.2) is 16.1 Å². The molecule has 0 aliphatic heterocycles. The summed E-state index contributed by atoms with van der Waals surface area (Å²) in [5.41, 5.74) is 2.63. The Hall–Kier alpha value is -2.92. The molecular formula is C20H24N6O3S2. The predicted molar refractivity (Wildman–Crippen MR) is 123 cm³/mol. The second kappa shape index (κ2) is 10.4. The van der Waals surface area contributed by atoms with Gasteiger partial charge in [0.05, 0.1) is 24.5 Å². The van der Waals surface area contributed by atoms with Crippen LogP contribution in [-0.2, 0) is 27.8 Å². The van der Waals surface area contributed by atoms with Crippen molar-refractivity contribution in [3.05, 3.63) is 35.3 Å². The maximum absolute atomic E-state index is 12.3. The van der Waals surface area contributed by atoms with Crippen LogP contribution < -0.4 is 10.2 Å². The zero-order valence-electron chi connectivity index (χ0n) is 17.8. The first-order chi connectivity index (χ1) is 14.9. The first-order valence-corrected chi connectivity index (χ1v) is 11.4. The Morgan fingerprint density at radius 2 is 1.97 bits per heavy atom. The highest BCUT2D eigenvalue weighted by molar-refractivity contribution is 7.99. The minimum Gasteiger partial charge on any atom is -0.466 e. The number of rotatable bonds is 9. The van der Waals surface area contributed by atoms with Crippen LogP contribution in [0.5, 0.6) is 0 Å². The summed E-state index contributed by atoms with van der Waals surface area (Å²) in [5.74, 6) is 0.354. The van der Waals surface area contributed by atoms with Crippen LogP contribution in [0.15, 0.2) is 34.8 Å². The van der Waals surface area contributed by atoms with Crippen molar-refractivity contribution in [3.8, 4) is 11.4 Å². The molecule has 11 heteroatoms. The predicted octanol–water partition coefficient (Wildman–Crippen LogP) is 2.84. The van der Waals surface area contributed by atoms with E-state index >= 15 is 0 Å². The number of aromatic nitrogens is 4. The number of carbonyl (C=O) groups excluding carboxylic acids is 2. The van der Waals surface area contributed by atoms with Gasteiger partial charge in [-0.3, -0.25) is 9.59 Å². The molecule has 31 heavy (non-hydrogen) atoms. The lowest BCUT2D eigenvalue weighted by Crippen LogP contribution is -2.14. The van der Waals surface area contributed by atoms with E-state index < -0.39 is 0 Å². The smallest absolute Gasteiger partial charge is 0.311 e. The molecule has 0 bridgehead atoms. The van der Waals surface area contributed by atoms with Gasteiger partial charge < -0.3 is 19.5 Å². The van der Waals surface area contributed by atoms with Crippen LogP contribution in [0.3, 0.4) is 0 Å². The van der Waals surface area contributed by atoms with Crippen LogP contribution >= 0.6 is 23.1 Å². The number of anilines is 2. The van der Waals surface area contributed by atoms with E-state index in [1.54, 1.807) is 12.3 Å². The lowest BCUT2D eigenvalue weighted by molar-refractivity contribution is -0.142. The second-order valence-electron chi connectivity index (χ2n) is 6.77. The minimum absolute atomic E-state index is 0.0895. The van der Waals surface area contributed by atoms with Gasteiger partial charge in [0.1, 0.15) is 0 Å². The Labute approximate surface area is 188 Å². The number of carbonyl (C=O) groups is 2. The number of hydrogen-bond donors (Lipinski definition) is 1. The Morgan fingerprint density at radius 3 is 2.65 bits per heavy atom. The van der Waals surface area contributed by atoms with Crippen molar-refractivity contribution in [2.45, 2.75) is 18.5 Å². The number of ether oxygens (including phenoxy) is 1. The van der Waals surface area contributed by atoms with Gasteiger partial charge in [0.25, 0.3) is 0 Å². The molecule has 0 atom stereocenters. The topological polar surface area (TPSA) is 102 Å². The summed E-state index contributed by atoms with van der Waals surface area (Å²) in [7, 11) is 5.85. The fourth-order valence-electron chi connectivity index (χ4n) is 2.69. The van der Waals surface area contributed by atoms with Crippen molar-refractivity contribution in [2.24, 2.45) is 7.05 Å². The number of hydrogen-bond acceptors (Lipinski definition) is 9. The van der Waals surface area contributed by atoms with Crippen LogP contribution in [-0.4, -0.2) is 58.1 Å². The van der Waals surface area contributed by atoms with E-state index in [1.165, 1.54) is 23.1 Å². The van der Waals surface area contributed by atoms with Crippen molar-refractivity contribution < 1.29 is 14.3 Å². The lowest BCUT2D eigenvalue weighted by Gasteiger charge is -2.12. The molecule has 0 spiro atoms. The van der Waals surface area contributed by atoms with Crippen molar-refractivity contribution in [2.75, 3.05) is 36.7 Å². The zero-order chi connectivity index (χ0) is 22.4. The van der Waals surface area contributed by atoms with Crippen molar-refractivity contribution >= 4 is 45.8 Å². The number of thiazole rings is 1. The third kappa shape index (κ3) is 6.05. The Kier molecular flexibility index (Phi) is 7.64. The third-order valence-corrected chi connectivity index (χ3v) is 6.06. The summed E-state index contributed by atoms with van der Waals surface area (Å²) in [6.45, 7) is 2.08. The van der Waals surface area contributed by atoms with Gasteiger partial charge in [-0.25, -0.2) is 4.98 Å². The van der Waals surface area contributed by atoms with Crippen LogP contribution in [0.25, 0.3) is 11.4 Å². The molecule has 0 aliphatic carbocycles. The molecule has 1 aromatic carbocycles. The molecule has 1 N–H and O–H groups in total. The summed E-state index contributed by atoms with van der Waals surface area (Å²) in [4.78, 5) is 30.1. The number of benzene rings is 1. The monoisotopic (exact) mass is 460 g/mol. The number of nitrogens with zero attached hydrogens (tertiary/aromatic N) is 5. The van der Waals surface area contributed by atoms with Gasteiger partial charge >= 0.3 is 5.97 Å². The van der Waals surface area contributed by atoms with E-state index in [0.717, 1.165) is 17.1 Å². The molecule has 0 radical (unpaired) electrons. The first-order valence-electron chi connectivity index (χ1n) is 9.57. The lowest BCUT2D eigenvalue weighted by atomic mass is 10.2. The molecule has 0 aliphatic rings. The van der Waals surface area contributed by atoms with Gasteiger partial charge in [0.2, 0.25) is 5.91 Å². The maximum atomic E-state index is 12.3. The molecule has 2 heterocycles. The molecular weight excluding hydrogens is 436 g/mol.